The van der Waals surface area contributed by atoms with Gasteiger partial charge in [0.15, 0.2) is 0 Å². The van der Waals surface area contributed by atoms with Gasteiger partial charge in [-0.3, -0.25) is 4.79 Å². The molecule has 1 N–H and O–H groups in total. The number of fused-ring (bicyclic) bond motifs is 1. The van der Waals surface area contributed by atoms with Gasteiger partial charge in [0.2, 0.25) is 0 Å². The Labute approximate surface area is 137 Å². The SMILES string of the molecule is CO[C@@H](CNC(=O)c1c(F)cccc1F)c1cc2ccccc2o1. The molecule has 3 rings (SSSR count). The summed E-state index contributed by atoms with van der Waals surface area (Å²) in [6.07, 6.45) is -0.573. The zero-order chi connectivity index (χ0) is 17.1. The summed E-state index contributed by atoms with van der Waals surface area (Å²) in [5, 5.41) is 3.37. The van der Waals surface area contributed by atoms with Crippen molar-refractivity contribution in [3.05, 3.63) is 71.5 Å². The predicted molar refractivity (Wildman–Crippen MR) is 84.7 cm³/mol. The van der Waals surface area contributed by atoms with Crippen molar-refractivity contribution >= 4 is 16.9 Å². The first kappa shape index (κ1) is 16.1. The number of para-hydroxylation sites is 1. The molecule has 124 valence electrons. The molecule has 0 bridgehead atoms. The number of ether oxygens (including phenoxy) is 1. The third-order valence-electron chi connectivity index (χ3n) is 3.68. The summed E-state index contributed by atoms with van der Waals surface area (Å²) in [5.74, 6) is -2.15. The Balaban J connectivity index is 1.75. The van der Waals surface area contributed by atoms with Crippen LogP contribution in [-0.2, 0) is 4.74 Å². The molecule has 1 amide bonds. The van der Waals surface area contributed by atoms with Crippen molar-refractivity contribution in [3.8, 4) is 0 Å². The maximum Gasteiger partial charge on any atom is 0.257 e. The highest BCUT2D eigenvalue weighted by molar-refractivity contribution is 5.94. The standard InChI is InChI=1S/C18H15F2NO3/c1-23-16(15-9-11-5-2-3-8-14(11)24-15)10-21-18(22)17-12(19)6-4-7-13(17)20/h2-9,16H,10H2,1H3,(H,21,22)/t16-/m0/s1. The largest absolute Gasteiger partial charge is 0.458 e. The molecule has 0 aliphatic heterocycles. The molecule has 1 heterocycles. The van der Waals surface area contributed by atoms with Crippen LogP contribution in [0, 0.1) is 11.6 Å². The first-order valence-corrected chi connectivity index (χ1v) is 7.33. The zero-order valence-corrected chi connectivity index (χ0v) is 12.9. The number of nitrogens with one attached hydrogen (secondary N) is 1. The van der Waals surface area contributed by atoms with Crippen LogP contribution in [0.1, 0.15) is 22.2 Å². The Morgan fingerprint density at radius 2 is 1.88 bits per heavy atom. The molecule has 3 aromatic rings. The third-order valence-corrected chi connectivity index (χ3v) is 3.68. The molecule has 6 heteroatoms. The Bertz CT molecular complexity index is 822. The van der Waals surface area contributed by atoms with Crippen LogP contribution >= 0.6 is 0 Å². The van der Waals surface area contributed by atoms with E-state index < -0.39 is 29.2 Å². The molecule has 0 fully saturated rings. The predicted octanol–water partition coefficient (Wildman–Crippen LogP) is 3.83. The van der Waals surface area contributed by atoms with Crippen LogP contribution in [0.25, 0.3) is 11.0 Å². The van der Waals surface area contributed by atoms with E-state index in [9.17, 15) is 13.6 Å². The third kappa shape index (κ3) is 3.14. The Morgan fingerprint density at radius 1 is 1.17 bits per heavy atom. The summed E-state index contributed by atoms with van der Waals surface area (Å²) in [6, 6.07) is 12.5. The number of carbonyl (C=O) groups is 1. The lowest BCUT2D eigenvalue weighted by molar-refractivity contribution is 0.0743. The molecule has 0 aliphatic rings. The van der Waals surface area contributed by atoms with Gasteiger partial charge in [0.05, 0.1) is 6.54 Å². The van der Waals surface area contributed by atoms with Crippen LogP contribution in [0.15, 0.2) is 52.9 Å². The van der Waals surface area contributed by atoms with E-state index in [1.54, 1.807) is 6.07 Å². The fraction of sp³-hybridized carbons (Fsp3) is 0.167. The minimum absolute atomic E-state index is 0.0168. The number of amides is 1. The molecule has 0 aliphatic carbocycles. The van der Waals surface area contributed by atoms with E-state index in [-0.39, 0.29) is 6.54 Å². The molecule has 24 heavy (non-hydrogen) atoms. The lowest BCUT2D eigenvalue weighted by Gasteiger charge is -2.14. The summed E-state index contributed by atoms with van der Waals surface area (Å²) in [4.78, 5) is 12.0. The lowest BCUT2D eigenvalue weighted by Crippen LogP contribution is -2.30. The van der Waals surface area contributed by atoms with Gasteiger partial charge in [0.1, 0.15) is 34.6 Å². The Morgan fingerprint density at radius 3 is 2.54 bits per heavy atom. The molecule has 1 atom stereocenters. The van der Waals surface area contributed by atoms with Gasteiger partial charge in [-0.1, -0.05) is 24.3 Å². The summed E-state index contributed by atoms with van der Waals surface area (Å²) in [5.41, 5.74) is 0.0815. The van der Waals surface area contributed by atoms with Gasteiger partial charge in [0.25, 0.3) is 5.91 Å². The van der Waals surface area contributed by atoms with Gasteiger partial charge in [-0.2, -0.15) is 0 Å². The van der Waals surface area contributed by atoms with Crippen molar-refractivity contribution in [2.45, 2.75) is 6.10 Å². The first-order valence-electron chi connectivity index (χ1n) is 7.33. The van der Waals surface area contributed by atoms with Crippen molar-refractivity contribution in [3.63, 3.8) is 0 Å². The second-order valence-corrected chi connectivity index (χ2v) is 5.22. The van der Waals surface area contributed by atoms with Crippen LogP contribution in [0.5, 0.6) is 0 Å². The van der Waals surface area contributed by atoms with E-state index in [4.69, 9.17) is 9.15 Å². The monoisotopic (exact) mass is 331 g/mol. The molecule has 4 nitrogen and oxygen atoms in total. The molecule has 0 spiro atoms. The summed E-state index contributed by atoms with van der Waals surface area (Å²) in [6.45, 7) is 0.0168. The van der Waals surface area contributed by atoms with Gasteiger partial charge in [-0.05, 0) is 24.3 Å². The van der Waals surface area contributed by atoms with Crippen LogP contribution < -0.4 is 5.32 Å². The maximum absolute atomic E-state index is 13.6. The lowest BCUT2D eigenvalue weighted by atomic mass is 10.1. The number of rotatable bonds is 5. The quantitative estimate of drug-likeness (QED) is 0.773. The summed E-state index contributed by atoms with van der Waals surface area (Å²) >= 11 is 0. The molecule has 0 saturated carbocycles. The van der Waals surface area contributed by atoms with E-state index in [1.165, 1.54) is 13.2 Å². The van der Waals surface area contributed by atoms with Gasteiger partial charge in [0, 0.05) is 12.5 Å². The number of carbonyl (C=O) groups excluding carboxylic acids is 1. The number of halogens is 2. The molecule has 0 saturated heterocycles. The van der Waals surface area contributed by atoms with E-state index in [2.05, 4.69) is 5.32 Å². The van der Waals surface area contributed by atoms with Crippen molar-refractivity contribution in [2.24, 2.45) is 0 Å². The molecular weight excluding hydrogens is 316 g/mol. The van der Waals surface area contributed by atoms with Crippen molar-refractivity contribution in [2.75, 3.05) is 13.7 Å². The molecule has 0 radical (unpaired) electrons. The van der Waals surface area contributed by atoms with Gasteiger partial charge >= 0.3 is 0 Å². The highest BCUT2D eigenvalue weighted by Crippen LogP contribution is 2.25. The number of hydrogen-bond donors (Lipinski definition) is 1. The van der Waals surface area contributed by atoms with Crippen LogP contribution in [0.2, 0.25) is 0 Å². The molecular formula is C18H15F2NO3. The summed E-state index contributed by atoms with van der Waals surface area (Å²) in [7, 11) is 1.47. The Hall–Kier alpha value is -2.73. The van der Waals surface area contributed by atoms with Crippen LogP contribution in [0.4, 0.5) is 8.78 Å². The van der Waals surface area contributed by atoms with Gasteiger partial charge in [-0.25, -0.2) is 8.78 Å². The minimum atomic E-state index is -0.912. The molecule has 1 aromatic heterocycles. The van der Waals surface area contributed by atoms with Gasteiger partial charge < -0.3 is 14.5 Å². The topological polar surface area (TPSA) is 51.5 Å². The highest BCUT2D eigenvalue weighted by Gasteiger charge is 2.20. The average Bonchev–Trinajstić information content (AvgIpc) is 2.99. The minimum Gasteiger partial charge on any atom is -0.458 e. The normalized spacial score (nSPS) is 12.3. The number of methoxy groups -OCH3 is 1. The van der Waals surface area contributed by atoms with E-state index in [0.29, 0.717) is 11.3 Å². The first-order chi connectivity index (χ1) is 11.6. The van der Waals surface area contributed by atoms with Crippen LogP contribution in [-0.4, -0.2) is 19.6 Å². The van der Waals surface area contributed by atoms with Crippen molar-refractivity contribution in [1.82, 2.24) is 5.32 Å². The zero-order valence-electron chi connectivity index (χ0n) is 12.9. The van der Waals surface area contributed by atoms with Gasteiger partial charge in [-0.15, -0.1) is 0 Å². The Kier molecular flexibility index (Phi) is 4.57. The van der Waals surface area contributed by atoms with E-state index in [0.717, 1.165) is 17.5 Å². The fourth-order valence-electron chi connectivity index (χ4n) is 2.45. The molecule has 0 unspecified atom stereocenters. The number of furan rings is 1. The average molecular weight is 331 g/mol. The number of benzene rings is 2. The van der Waals surface area contributed by atoms with E-state index >= 15 is 0 Å². The maximum atomic E-state index is 13.6. The van der Waals surface area contributed by atoms with Crippen molar-refractivity contribution < 1.29 is 22.7 Å². The second-order valence-electron chi connectivity index (χ2n) is 5.22. The molecule has 2 aromatic carbocycles. The smallest absolute Gasteiger partial charge is 0.257 e. The second kappa shape index (κ2) is 6.80. The van der Waals surface area contributed by atoms with Crippen LogP contribution in [0.3, 0.4) is 0 Å². The highest BCUT2D eigenvalue weighted by atomic mass is 19.1. The van der Waals surface area contributed by atoms with Crippen molar-refractivity contribution in [1.29, 1.82) is 0 Å². The fourth-order valence-corrected chi connectivity index (χ4v) is 2.45. The number of hydrogen-bond acceptors (Lipinski definition) is 3. The summed E-state index contributed by atoms with van der Waals surface area (Å²) < 4.78 is 38.2. The van der Waals surface area contributed by atoms with E-state index in [1.807, 2.05) is 24.3 Å².